The fourth-order valence-corrected chi connectivity index (χ4v) is 6.12. The van der Waals surface area contributed by atoms with Gasteiger partial charge in [0.25, 0.3) is 0 Å². The molecule has 0 radical (unpaired) electrons. The molecule has 1 aliphatic rings. The minimum Gasteiger partial charge on any atom is -0.491 e. The fraction of sp³-hybridized carbons (Fsp3) is 0.333. The third-order valence-electron chi connectivity index (χ3n) is 8.46. The van der Waals surface area contributed by atoms with Gasteiger partial charge in [0, 0.05) is 10.6 Å². The van der Waals surface area contributed by atoms with E-state index in [4.69, 9.17) is 37.4 Å². The average Bonchev–Trinajstić information content (AvgIpc) is 3.90. The number of halogens is 2. The molecule has 0 saturated carbocycles. The van der Waals surface area contributed by atoms with Crippen molar-refractivity contribution in [1.82, 2.24) is 29.1 Å². The van der Waals surface area contributed by atoms with Crippen LogP contribution in [0.25, 0.3) is 5.69 Å². The number of nitrogens with zero attached hydrogens (tertiary/aromatic N) is 10. The molecule has 0 bridgehead atoms. The molecule has 0 spiro atoms. The third-order valence-corrected chi connectivity index (χ3v) is 9.00. The molecule has 0 amide bonds. The average molecular weight is 738 g/mol. The zero-order valence-corrected chi connectivity index (χ0v) is 29.2. The number of hydrogen-bond donors (Lipinski definition) is 0. The predicted molar refractivity (Wildman–Crippen MR) is 190 cm³/mol. The zero-order chi connectivity index (χ0) is 36.0. The number of ether oxygens (including phenoxy) is 3. The summed E-state index contributed by atoms with van der Waals surface area (Å²) in [6.07, 6.45) is 4.76. The maximum absolute atomic E-state index is 12.8. The summed E-state index contributed by atoms with van der Waals surface area (Å²) in [5.41, 5.74) is 1.90. The summed E-state index contributed by atoms with van der Waals surface area (Å²) < 4.78 is 23.0. The quantitative estimate of drug-likeness (QED) is 0.0872. The minimum absolute atomic E-state index is 0.0347. The molecule has 18 heteroatoms. The molecule has 0 N–H and O–H groups in total. The van der Waals surface area contributed by atoms with E-state index in [0.29, 0.717) is 38.4 Å². The molecule has 1 aliphatic heterocycles. The van der Waals surface area contributed by atoms with Crippen molar-refractivity contribution in [3.8, 4) is 11.4 Å². The predicted octanol–water partition coefficient (Wildman–Crippen LogP) is 5.93. The first-order valence-corrected chi connectivity index (χ1v) is 16.8. The molecule has 1 fully saturated rings. The van der Waals surface area contributed by atoms with Crippen molar-refractivity contribution in [3.05, 3.63) is 122 Å². The first-order chi connectivity index (χ1) is 24.7. The summed E-state index contributed by atoms with van der Waals surface area (Å²) in [7, 11) is 0. The van der Waals surface area contributed by atoms with Crippen molar-refractivity contribution >= 4 is 34.6 Å². The number of hydrogen-bond acceptors (Lipinski definition) is 11. The molecule has 3 atom stereocenters. The number of anilines is 2. The summed E-state index contributed by atoms with van der Waals surface area (Å²) in [6.45, 7) is 4.61. The van der Waals surface area contributed by atoms with Crippen molar-refractivity contribution in [1.29, 1.82) is 0 Å². The molecule has 16 nitrogen and oxygen atoms in total. The summed E-state index contributed by atoms with van der Waals surface area (Å²) in [4.78, 5) is 40.3. The lowest BCUT2D eigenvalue weighted by Crippen LogP contribution is -2.35. The number of benzene rings is 3. The Morgan fingerprint density at radius 1 is 0.980 bits per heavy atom. The summed E-state index contributed by atoms with van der Waals surface area (Å²) in [5, 5.41) is 17.9. The van der Waals surface area contributed by atoms with E-state index in [1.54, 1.807) is 77.7 Å². The Balaban J connectivity index is 1.05. The molecule has 51 heavy (non-hydrogen) atoms. The van der Waals surface area contributed by atoms with E-state index in [0.717, 1.165) is 6.42 Å². The molecule has 1 saturated heterocycles. The smallest absolute Gasteiger partial charge is 0.350 e. The van der Waals surface area contributed by atoms with E-state index in [9.17, 15) is 14.6 Å². The van der Waals surface area contributed by atoms with Gasteiger partial charge in [0.05, 0.1) is 58.4 Å². The molecule has 0 aliphatic carbocycles. The Morgan fingerprint density at radius 2 is 1.67 bits per heavy atom. The maximum Gasteiger partial charge on any atom is 0.350 e. The van der Waals surface area contributed by atoms with E-state index in [-0.39, 0.29) is 44.6 Å². The van der Waals surface area contributed by atoms with Gasteiger partial charge in [-0.05, 0) is 74.0 Å². The summed E-state index contributed by atoms with van der Waals surface area (Å²) in [5.74, 6) is -0.719. The second kappa shape index (κ2) is 15.8. The maximum atomic E-state index is 12.8. The zero-order valence-electron chi connectivity index (χ0n) is 27.7. The SMILES string of the molecule is CCC(C)n1ncn(-c2ccc(N(CCN(N=O)c3ccc(OC[C@H]4CO[C@](Cn5cncn5)(c5ccc(Cl)cc5Cl)O4)cc3)N=O)cc2)c1=O. The van der Waals surface area contributed by atoms with Gasteiger partial charge in [-0.1, -0.05) is 36.2 Å². The van der Waals surface area contributed by atoms with Crippen LogP contribution in [0, 0.1) is 9.81 Å². The van der Waals surface area contributed by atoms with Crippen LogP contribution in [0.15, 0.2) is 101 Å². The Bertz CT molecular complexity index is 1990. The Labute approximate surface area is 301 Å². The molecule has 266 valence electrons. The van der Waals surface area contributed by atoms with Gasteiger partial charge >= 0.3 is 5.69 Å². The van der Waals surface area contributed by atoms with E-state index < -0.39 is 11.9 Å². The van der Waals surface area contributed by atoms with Crippen LogP contribution in [0.3, 0.4) is 0 Å². The van der Waals surface area contributed by atoms with Crippen LogP contribution in [0.2, 0.25) is 10.0 Å². The lowest BCUT2D eigenvalue weighted by Gasteiger charge is -2.29. The van der Waals surface area contributed by atoms with Crippen molar-refractivity contribution < 1.29 is 14.2 Å². The molecule has 3 heterocycles. The van der Waals surface area contributed by atoms with Gasteiger partial charge in [-0.3, -0.25) is 0 Å². The van der Waals surface area contributed by atoms with E-state index in [2.05, 4.69) is 25.8 Å². The standard InChI is InChI=1S/C33H34Cl2N10O6/c1-3-23(2)45-32(46)42(22-38-45)25-5-7-26(8-6-25)43(39-47)14-15-44(40-48)27-9-11-28(12-10-27)49-17-29-18-50-33(51-29,19-41-21-36-20-37-41)30-13-4-24(34)16-31(30)35/h4-13,16,20-23,29H,3,14-15,17-19H2,1-2H3/t23?,29-,33-/m0/s1. The lowest BCUT2D eigenvalue weighted by atomic mass is 10.1. The van der Waals surface area contributed by atoms with E-state index >= 15 is 0 Å². The normalized spacial score (nSPS) is 17.6. The summed E-state index contributed by atoms with van der Waals surface area (Å²) in [6, 6.07) is 18.5. The molecule has 2 aromatic heterocycles. The summed E-state index contributed by atoms with van der Waals surface area (Å²) >= 11 is 12.7. The van der Waals surface area contributed by atoms with Crippen LogP contribution in [0.4, 0.5) is 11.4 Å². The van der Waals surface area contributed by atoms with Gasteiger partial charge in [-0.25, -0.2) is 33.7 Å². The lowest BCUT2D eigenvalue weighted by molar-refractivity contribution is -0.190. The van der Waals surface area contributed by atoms with Crippen molar-refractivity contribution in [2.24, 2.45) is 10.6 Å². The second-order valence-corrected chi connectivity index (χ2v) is 12.6. The monoisotopic (exact) mass is 736 g/mol. The molecular weight excluding hydrogens is 703 g/mol. The van der Waals surface area contributed by atoms with Crippen LogP contribution in [0.1, 0.15) is 31.9 Å². The van der Waals surface area contributed by atoms with Crippen LogP contribution < -0.4 is 20.4 Å². The topological polar surface area (TPSA) is 164 Å². The molecule has 6 rings (SSSR count). The van der Waals surface area contributed by atoms with Gasteiger partial charge in [-0.15, -0.1) is 9.81 Å². The van der Waals surface area contributed by atoms with Crippen molar-refractivity contribution in [3.63, 3.8) is 0 Å². The number of nitroso groups, excluding NO2 is 2. The highest BCUT2D eigenvalue weighted by Crippen LogP contribution is 2.40. The first kappa shape index (κ1) is 35.7. The fourth-order valence-electron chi connectivity index (χ4n) is 5.56. The van der Waals surface area contributed by atoms with Crippen molar-refractivity contribution in [2.75, 3.05) is 36.3 Å². The van der Waals surface area contributed by atoms with Gasteiger partial charge in [0.1, 0.15) is 44.0 Å². The second-order valence-electron chi connectivity index (χ2n) is 11.7. The number of aromatic nitrogens is 6. The van der Waals surface area contributed by atoms with Crippen LogP contribution >= 0.6 is 23.2 Å². The van der Waals surface area contributed by atoms with E-state index in [1.165, 1.54) is 31.9 Å². The molecule has 3 aromatic carbocycles. The van der Waals surface area contributed by atoms with Gasteiger partial charge in [0.2, 0.25) is 5.79 Å². The Kier molecular flexibility index (Phi) is 11.1. The first-order valence-electron chi connectivity index (χ1n) is 16.0. The van der Waals surface area contributed by atoms with Crippen LogP contribution in [-0.2, 0) is 21.8 Å². The van der Waals surface area contributed by atoms with Crippen molar-refractivity contribution in [2.45, 2.75) is 44.7 Å². The highest BCUT2D eigenvalue weighted by atomic mass is 35.5. The molecule has 5 aromatic rings. The number of rotatable bonds is 16. The highest BCUT2D eigenvalue weighted by Gasteiger charge is 2.45. The van der Waals surface area contributed by atoms with Gasteiger partial charge < -0.3 is 14.2 Å². The van der Waals surface area contributed by atoms with Gasteiger partial charge in [0.15, 0.2) is 0 Å². The Hall–Kier alpha value is -5.16. The van der Waals surface area contributed by atoms with Crippen LogP contribution in [-0.4, -0.2) is 61.5 Å². The third kappa shape index (κ3) is 7.93. The molecular formula is C33H34Cl2N10O6. The molecule has 1 unspecified atom stereocenters. The Morgan fingerprint density at radius 3 is 2.27 bits per heavy atom. The minimum atomic E-state index is -1.24. The largest absolute Gasteiger partial charge is 0.491 e. The van der Waals surface area contributed by atoms with Gasteiger partial charge in [-0.2, -0.15) is 10.2 Å². The van der Waals surface area contributed by atoms with Crippen LogP contribution in [0.5, 0.6) is 5.75 Å². The van der Waals surface area contributed by atoms with E-state index in [1.807, 2.05) is 13.8 Å². The highest BCUT2D eigenvalue weighted by molar-refractivity contribution is 6.35.